The second-order valence-corrected chi connectivity index (χ2v) is 7.66. The minimum Gasteiger partial charge on any atom is -0.298 e. The fraction of sp³-hybridized carbons (Fsp3) is 0.100. The highest BCUT2D eigenvalue weighted by molar-refractivity contribution is 7.15. The summed E-state index contributed by atoms with van der Waals surface area (Å²) in [6, 6.07) is 13.5. The van der Waals surface area contributed by atoms with E-state index in [0.29, 0.717) is 21.6 Å². The minimum absolute atomic E-state index is 0.215. The number of carbonyl (C=O) groups is 1. The number of anilines is 1. The number of rotatable bonds is 5. The Morgan fingerprint density at radius 2 is 2.04 bits per heavy atom. The molecule has 26 heavy (non-hydrogen) atoms. The lowest BCUT2D eigenvalue weighted by Crippen LogP contribution is -2.07. The quantitative estimate of drug-likeness (QED) is 0.531. The summed E-state index contributed by atoms with van der Waals surface area (Å²) in [7, 11) is 0. The van der Waals surface area contributed by atoms with E-state index in [1.165, 1.54) is 17.4 Å². The highest BCUT2D eigenvalue weighted by Gasteiger charge is 2.09. The van der Waals surface area contributed by atoms with E-state index in [9.17, 15) is 4.79 Å². The Kier molecular flexibility index (Phi) is 6.09. The van der Waals surface area contributed by atoms with Crippen LogP contribution in [0.15, 0.2) is 54.7 Å². The van der Waals surface area contributed by atoms with Crippen LogP contribution in [0.1, 0.15) is 21.6 Å². The van der Waals surface area contributed by atoms with Gasteiger partial charge in [-0.3, -0.25) is 10.1 Å². The van der Waals surface area contributed by atoms with Gasteiger partial charge in [0.15, 0.2) is 5.13 Å². The highest BCUT2D eigenvalue weighted by Crippen LogP contribution is 2.29. The summed E-state index contributed by atoms with van der Waals surface area (Å²) in [4.78, 5) is 17.3. The van der Waals surface area contributed by atoms with Crippen molar-refractivity contribution in [2.45, 2.75) is 13.3 Å². The molecule has 0 atom stereocenters. The first-order valence-electron chi connectivity index (χ1n) is 7.94. The molecule has 0 radical (unpaired) electrons. The summed E-state index contributed by atoms with van der Waals surface area (Å²) in [5.41, 5.74) is 3.06. The zero-order valence-corrected chi connectivity index (χ0v) is 16.3. The fourth-order valence-electron chi connectivity index (χ4n) is 2.41. The summed E-state index contributed by atoms with van der Waals surface area (Å²) >= 11 is 13.7. The molecule has 0 saturated carbocycles. The van der Waals surface area contributed by atoms with Crippen molar-refractivity contribution in [1.82, 2.24) is 4.98 Å². The lowest BCUT2D eigenvalue weighted by atomic mass is 10.1. The van der Waals surface area contributed by atoms with Crippen LogP contribution < -0.4 is 5.32 Å². The van der Waals surface area contributed by atoms with Crippen molar-refractivity contribution in [3.05, 3.63) is 86.4 Å². The molecular weight excluding hydrogens is 387 g/mol. The van der Waals surface area contributed by atoms with Gasteiger partial charge in [0.05, 0.1) is 10.0 Å². The number of hydrogen-bond acceptors (Lipinski definition) is 3. The molecule has 1 heterocycles. The molecule has 3 rings (SSSR count). The number of aromatic nitrogens is 1. The number of amides is 1. The molecule has 0 bridgehead atoms. The number of nitrogens with zero attached hydrogens (tertiary/aromatic N) is 1. The maximum Gasteiger partial charge on any atom is 0.250 e. The van der Waals surface area contributed by atoms with Crippen LogP contribution in [0, 0.1) is 6.92 Å². The molecule has 132 valence electrons. The van der Waals surface area contributed by atoms with E-state index >= 15 is 0 Å². The van der Waals surface area contributed by atoms with Gasteiger partial charge in [-0.05, 0) is 30.2 Å². The largest absolute Gasteiger partial charge is 0.298 e. The Balaban J connectivity index is 1.63. The van der Waals surface area contributed by atoms with Crippen LogP contribution >= 0.6 is 34.5 Å². The molecule has 2 aromatic carbocycles. The summed E-state index contributed by atoms with van der Waals surface area (Å²) in [6.07, 6.45) is 5.64. The number of halogens is 2. The molecule has 0 unspecified atom stereocenters. The van der Waals surface area contributed by atoms with Gasteiger partial charge in [-0.25, -0.2) is 4.98 Å². The average molecular weight is 403 g/mol. The Bertz CT molecular complexity index is 966. The van der Waals surface area contributed by atoms with Crippen molar-refractivity contribution in [2.75, 3.05) is 5.32 Å². The van der Waals surface area contributed by atoms with Gasteiger partial charge in [0.25, 0.3) is 0 Å². The third-order valence-electron chi connectivity index (χ3n) is 3.65. The second-order valence-electron chi connectivity index (χ2n) is 5.76. The van der Waals surface area contributed by atoms with E-state index in [0.717, 1.165) is 21.6 Å². The summed E-state index contributed by atoms with van der Waals surface area (Å²) in [6.45, 7) is 2.01. The van der Waals surface area contributed by atoms with Crippen LogP contribution in [0.25, 0.3) is 6.08 Å². The van der Waals surface area contributed by atoms with Crippen LogP contribution in [0.3, 0.4) is 0 Å². The number of aryl methyl sites for hydroxylation is 1. The molecule has 0 aliphatic rings. The Morgan fingerprint density at radius 1 is 1.23 bits per heavy atom. The molecule has 1 aromatic heterocycles. The maximum atomic E-state index is 12.1. The van der Waals surface area contributed by atoms with Crippen LogP contribution in [0.5, 0.6) is 0 Å². The van der Waals surface area contributed by atoms with Gasteiger partial charge < -0.3 is 0 Å². The third-order valence-corrected chi connectivity index (χ3v) is 5.42. The molecule has 3 nitrogen and oxygen atoms in total. The number of benzene rings is 2. The fourth-order valence-corrected chi connectivity index (χ4v) is 3.64. The summed E-state index contributed by atoms with van der Waals surface area (Å²) in [5, 5.41) is 4.42. The Labute approximate surface area is 166 Å². The van der Waals surface area contributed by atoms with Crippen LogP contribution in [0.4, 0.5) is 5.13 Å². The highest BCUT2D eigenvalue weighted by atomic mass is 35.5. The number of thiazole rings is 1. The third kappa shape index (κ3) is 4.94. The van der Waals surface area contributed by atoms with Gasteiger partial charge >= 0.3 is 0 Å². The molecule has 0 aliphatic heterocycles. The first kappa shape index (κ1) is 18.6. The van der Waals surface area contributed by atoms with Gasteiger partial charge in [-0.15, -0.1) is 11.3 Å². The zero-order chi connectivity index (χ0) is 18.5. The second kappa shape index (κ2) is 8.49. The van der Waals surface area contributed by atoms with E-state index in [2.05, 4.69) is 10.3 Å². The number of hydrogen-bond donors (Lipinski definition) is 1. The van der Waals surface area contributed by atoms with Gasteiger partial charge in [0, 0.05) is 23.6 Å². The molecule has 0 saturated heterocycles. The van der Waals surface area contributed by atoms with Gasteiger partial charge in [-0.1, -0.05) is 65.2 Å². The van der Waals surface area contributed by atoms with Crippen LogP contribution in [-0.2, 0) is 11.2 Å². The standard InChI is InChI=1S/C20H16Cl2N2OS/c1-13-4-2-5-14(10-13)8-9-18(25)24-20-23-12-16(26-20)11-15-6-3-7-17(21)19(15)22/h2-10,12H,11H2,1H3,(H,23,24,25). The van der Waals surface area contributed by atoms with Gasteiger partial charge in [0.2, 0.25) is 5.91 Å². The van der Waals surface area contributed by atoms with Crippen molar-refractivity contribution in [3.63, 3.8) is 0 Å². The van der Waals surface area contributed by atoms with Crippen molar-refractivity contribution in [2.24, 2.45) is 0 Å². The minimum atomic E-state index is -0.215. The molecule has 0 fully saturated rings. The SMILES string of the molecule is Cc1cccc(C=CC(=O)Nc2ncc(Cc3cccc(Cl)c3Cl)s2)c1. The van der Waals surface area contributed by atoms with Crippen LogP contribution in [0.2, 0.25) is 10.0 Å². The predicted molar refractivity (Wildman–Crippen MR) is 110 cm³/mol. The number of nitrogens with one attached hydrogen (secondary N) is 1. The normalized spacial score (nSPS) is 11.0. The molecule has 0 spiro atoms. The first-order chi connectivity index (χ1) is 12.5. The van der Waals surface area contributed by atoms with Crippen molar-refractivity contribution < 1.29 is 4.79 Å². The molecule has 0 aliphatic carbocycles. The molecule has 6 heteroatoms. The topological polar surface area (TPSA) is 42.0 Å². The summed E-state index contributed by atoms with van der Waals surface area (Å²) < 4.78 is 0. The summed E-state index contributed by atoms with van der Waals surface area (Å²) in [5.74, 6) is -0.215. The predicted octanol–water partition coefficient (Wildman–Crippen LogP) is 6.00. The Hall–Kier alpha value is -2.14. The zero-order valence-electron chi connectivity index (χ0n) is 14.0. The molecule has 1 amide bonds. The van der Waals surface area contributed by atoms with Crippen molar-refractivity contribution >= 4 is 51.7 Å². The van der Waals surface area contributed by atoms with E-state index in [4.69, 9.17) is 23.2 Å². The van der Waals surface area contributed by atoms with Crippen molar-refractivity contribution in [1.29, 1.82) is 0 Å². The van der Waals surface area contributed by atoms with E-state index in [-0.39, 0.29) is 5.91 Å². The average Bonchev–Trinajstić information content (AvgIpc) is 3.04. The van der Waals surface area contributed by atoms with Crippen LogP contribution in [-0.4, -0.2) is 10.9 Å². The Morgan fingerprint density at radius 3 is 2.85 bits per heavy atom. The van der Waals surface area contributed by atoms with Gasteiger partial charge in [-0.2, -0.15) is 0 Å². The molecule has 1 N–H and O–H groups in total. The molecule has 3 aromatic rings. The molecular formula is C20H16Cl2N2OS. The maximum absolute atomic E-state index is 12.1. The number of carbonyl (C=O) groups excluding carboxylic acids is 1. The van der Waals surface area contributed by atoms with E-state index < -0.39 is 0 Å². The first-order valence-corrected chi connectivity index (χ1v) is 9.52. The lowest BCUT2D eigenvalue weighted by Gasteiger charge is -2.03. The smallest absolute Gasteiger partial charge is 0.250 e. The van der Waals surface area contributed by atoms with Crippen molar-refractivity contribution in [3.8, 4) is 0 Å². The monoisotopic (exact) mass is 402 g/mol. The van der Waals surface area contributed by atoms with E-state index in [1.54, 1.807) is 18.3 Å². The van der Waals surface area contributed by atoms with E-state index in [1.807, 2.05) is 43.3 Å². The lowest BCUT2D eigenvalue weighted by molar-refractivity contribution is -0.111. The van der Waals surface area contributed by atoms with Gasteiger partial charge in [0.1, 0.15) is 0 Å².